The van der Waals surface area contributed by atoms with E-state index in [0.29, 0.717) is 5.57 Å². The molecule has 1 rings (SSSR count). The standard InChI is InChI=1S/C15H21NO2/c1-11(14(17)18-5)13(16-15(2,3)4)12-9-7-6-8-10-12/h6-10,13,16H,1H2,2-5H3/t13-/m0/s1. The van der Waals surface area contributed by atoms with Crippen molar-refractivity contribution in [2.45, 2.75) is 32.4 Å². The molecular formula is C15H21NO2. The molecule has 0 saturated heterocycles. The fraction of sp³-hybridized carbons (Fsp3) is 0.400. The van der Waals surface area contributed by atoms with Gasteiger partial charge in [-0.3, -0.25) is 0 Å². The number of nitrogens with one attached hydrogen (secondary N) is 1. The van der Waals surface area contributed by atoms with Crippen molar-refractivity contribution in [2.75, 3.05) is 7.11 Å². The van der Waals surface area contributed by atoms with Gasteiger partial charge >= 0.3 is 5.97 Å². The first-order chi connectivity index (χ1) is 8.35. The highest BCUT2D eigenvalue weighted by molar-refractivity contribution is 5.89. The Morgan fingerprint density at radius 2 is 1.83 bits per heavy atom. The lowest BCUT2D eigenvalue weighted by atomic mass is 9.96. The summed E-state index contributed by atoms with van der Waals surface area (Å²) in [4.78, 5) is 11.7. The molecule has 0 aliphatic carbocycles. The van der Waals surface area contributed by atoms with E-state index in [1.54, 1.807) is 0 Å². The molecule has 0 heterocycles. The van der Waals surface area contributed by atoms with Crippen molar-refractivity contribution in [3.05, 3.63) is 48.0 Å². The molecular weight excluding hydrogens is 226 g/mol. The molecule has 1 atom stereocenters. The van der Waals surface area contributed by atoms with Crippen molar-refractivity contribution in [3.63, 3.8) is 0 Å². The molecule has 0 spiro atoms. The summed E-state index contributed by atoms with van der Waals surface area (Å²) in [5, 5.41) is 3.39. The van der Waals surface area contributed by atoms with Crippen LogP contribution in [0.25, 0.3) is 0 Å². The first kappa shape index (κ1) is 14.5. The van der Waals surface area contributed by atoms with Crippen LogP contribution >= 0.6 is 0 Å². The molecule has 0 fully saturated rings. The Morgan fingerprint density at radius 3 is 2.28 bits per heavy atom. The maximum Gasteiger partial charge on any atom is 0.335 e. The quantitative estimate of drug-likeness (QED) is 0.657. The second kappa shape index (κ2) is 5.83. The van der Waals surface area contributed by atoms with Crippen LogP contribution < -0.4 is 5.32 Å². The van der Waals surface area contributed by atoms with Gasteiger partial charge < -0.3 is 10.1 Å². The number of ether oxygens (including phenoxy) is 1. The molecule has 0 aliphatic heterocycles. The van der Waals surface area contributed by atoms with Gasteiger partial charge in [0.25, 0.3) is 0 Å². The molecule has 0 radical (unpaired) electrons. The van der Waals surface area contributed by atoms with Crippen LogP contribution in [0.3, 0.4) is 0 Å². The molecule has 1 aromatic carbocycles. The van der Waals surface area contributed by atoms with Gasteiger partial charge in [-0.15, -0.1) is 0 Å². The maximum absolute atomic E-state index is 11.7. The third-order valence-electron chi connectivity index (χ3n) is 2.51. The summed E-state index contributed by atoms with van der Waals surface area (Å²) in [6, 6.07) is 9.53. The molecule has 0 saturated carbocycles. The normalized spacial score (nSPS) is 12.9. The van der Waals surface area contributed by atoms with Crippen LogP contribution in [0.2, 0.25) is 0 Å². The van der Waals surface area contributed by atoms with E-state index in [1.165, 1.54) is 7.11 Å². The van der Waals surface area contributed by atoms with E-state index in [2.05, 4.69) is 11.9 Å². The molecule has 0 amide bonds. The Balaban J connectivity index is 3.03. The minimum Gasteiger partial charge on any atom is -0.466 e. The summed E-state index contributed by atoms with van der Waals surface area (Å²) in [6.07, 6.45) is 0. The Kier molecular flexibility index (Phi) is 4.68. The van der Waals surface area contributed by atoms with Gasteiger partial charge in [0.1, 0.15) is 0 Å². The third kappa shape index (κ3) is 4.00. The zero-order chi connectivity index (χ0) is 13.8. The van der Waals surface area contributed by atoms with Gasteiger partial charge in [-0.2, -0.15) is 0 Å². The second-order valence-corrected chi connectivity index (χ2v) is 5.25. The first-order valence-electron chi connectivity index (χ1n) is 5.95. The van der Waals surface area contributed by atoms with E-state index in [1.807, 2.05) is 51.1 Å². The van der Waals surface area contributed by atoms with Crippen LogP contribution in [0.1, 0.15) is 32.4 Å². The van der Waals surface area contributed by atoms with Crippen LogP contribution in [0.5, 0.6) is 0 Å². The monoisotopic (exact) mass is 247 g/mol. The van der Waals surface area contributed by atoms with Gasteiger partial charge in [-0.1, -0.05) is 36.9 Å². The molecule has 1 aromatic rings. The average Bonchev–Trinajstić information content (AvgIpc) is 2.34. The first-order valence-corrected chi connectivity index (χ1v) is 5.95. The fourth-order valence-electron chi connectivity index (χ4n) is 1.70. The van der Waals surface area contributed by atoms with Crippen LogP contribution in [-0.2, 0) is 9.53 Å². The summed E-state index contributed by atoms with van der Waals surface area (Å²) < 4.78 is 4.75. The highest BCUT2D eigenvalue weighted by Gasteiger charge is 2.25. The fourth-order valence-corrected chi connectivity index (χ4v) is 1.70. The summed E-state index contributed by atoms with van der Waals surface area (Å²) >= 11 is 0. The van der Waals surface area contributed by atoms with Crippen molar-refractivity contribution in [1.29, 1.82) is 0 Å². The van der Waals surface area contributed by atoms with E-state index in [4.69, 9.17) is 4.74 Å². The van der Waals surface area contributed by atoms with E-state index in [-0.39, 0.29) is 17.6 Å². The predicted octanol–water partition coefficient (Wildman–Crippen LogP) is 2.85. The molecule has 3 heteroatoms. The van der Waals surface area contributed by atoms with Crippen LogP contribution in [-0.4, -0.2) is 18.6 Å². The molecule has 98 valence electrons. The zero-order valence-electron chi connectivity index (χ0n) is 11.5. The third-order valence-corrected chi connectivity index (χ3v) is 2.51. The Labute approximate surface area is 109 Å². The minimum absolute atomic E-state index is 0.128. The Morgan fingerprint density at radius 1 is 1.28 bits per heavy atom. The molecule has 0 bridgehead atoms. The highest BCUT2D eigenvalue weighted by Crippen LogP contribution is 2.24. The van der Waals surface area contributed by atoms with Crippen molar-refractivity contribution < 1.29 is 9.53 Å². The minimum atomic E-state index is -0.388. The molecule has 0 aliphatic rings. The van der Waals surface area contributed by atoms with E-state index >= 15 is 0 Å². The van der Waals surface area contributed by atoms with Gasteiger partial charge in [-0.25, -0.2) is 4.79 Å². The lowest BCUT2D eigenvalue weighted by molar-refractivity contribution is -0.136. The largest absolute Gasteiger partial charge is 0.466 e. The molecule has 0 aromatic heterocycles. The van der Waals surface area contributed by atoms with E-state index in [0.717, 1.165) is 5.56 Å². The molecule has 0 unspecified atom stereocenters. The van der Waals surface area contributed by atoms with Gasteiger partial charge in [0, 0.05) is 5.54 Å². The lowest BCUT2D eigenvalue weighted by Crippen LogP contribution is -2.40. The number of carbonyl (C=O) groups is 1. The number of methoxy groups -OCH3 is 1. The van der Waals surface area contributed by atoms with Gasteiger partial charge in [0.05, 0.1) is 18.7 Å². The molecule has 3 nitrogen and oxygen atoms in total. The summed E-state index contributed by atoms with van der Waals surface area (Å²) in [5.74, 6) is -0.388. The predicted molar refractivity (Wildman–Crippen MR) is 73.2 cm³/mol. The van der Waals surface area contributed by atoms with E-state index in [9.17, 15) is 4.79 Å². The second-order valence-electron chi connectivity index (χ2n) is 5.25. The van der Waals surface area contributed by atoms with Crippen LogP contribution in [0.4, 0.5) is 0 Å². The number of hydrogen-bond acceptors (Lipinski definition) is 3. The van der Waals surface area contributed by atoms with Crippen molar-refractivity contribution in [1.82, 2.24) is 5.32 Å². The highest BCUT2D eigenvalue weighted by atomic mass is 16.5. The van der Waals surface area contributed by atoms with Crippen molar-refractivity contribution in [2.24, 2.45) is 0 Å². The number of carbonyl (C=O) groups excluding carboxylic acids is 1. The number of esters is 1. The zero-order valence-corrected chi connectivity index (χ0v) is 11.5. The maximum atomic E-state index is 11.7. The van der Waals surface area contributed by atoms with Gasteiger partial charge in [0.2, 0.25) is 0 Å². The topological polar surface area (TPSA) is 38.3 Å². The summed E-state index contributed by atoms with van der Waals surface area (Å²) in [6.45, 7) is 10.00. The van der Waals surface area contributed by atoms with Gasteiger partial charge in [-0.05, 0) is 26.3 Å². The molecule has 18 heavy (non-hydrogen) atoms. The Hall–Kier alpha value is -1.61. The Bertz CT molecular complexity index is 418. The van der Waals surface area contributed by atoms with Crippen LogP contribution in [0.15, 0.2) is 42.5 Å². The average molecular weight is 247 g/mol. The number of hydrogen-bond donors (Lipinski definition) is 1. The summed E-state index contributed by atoms with van der Waals surface area (Å²) in [5.41, 5.74) is 1.29. The van der Waals surface area contributed by atoms with Crippen LogP contribution in [0, 0.1) is 0 Å². The number of rotatable bonds is 4. The van der Waals surface area contributed by atoms with Crippen molar-refractivity contribution >= 4 is 5.97 Å². The number of benzene rings is 1. The van der Waals surface area contributed by atoms with Crippen molar-refractivity contribution in [3.8, 4) is 0 Å². The summed E-state index contributed by atoms with van der Waals surface area (Å²) in [7, 11) is 1.37. The lowest BCUT2D eigenvalue weighted by Gasteiger charge is -2.29. The van der Waals surface area contributed by atoms with Gasteiger partial charge in [0.15, 0.2) is 0 Å². The SMILES string of the molecule is C=C(C(=O)OC)[C@H](NC(C)(C)C)c1ccccc1. The molecule has 1 N–H and O–H groups in total. The van der Waals surface area contributed by atoms with E-state index < -0.39 is 0 Å². The smallest absolute Gasteiger partial charge is 0.335 e.